The van der Waals surface area contributed by atoms with Crippen molar-refractivity contribution in [2.75, 3.05) is 20.3 Å². The third kappa shape index (κ3) is 5.99. The zero-order valence-electron chi connectivity index (χ0n) is 15.7. The van der Waals surface area contributed by atoms with Gasteiger partial charge in [0.25, 0.3) is 0 Å². The molecule has 2 aromatic carbocycles. The summed E-state index contributed by atoms with van der Waals surface area (Å²) in [4.78, 5) is 12.1. The summed E-state index contributed by atoms with van der Waals surface area (Å²) in [7, 11) is 1.63. The van der Waals surface area contributed by atoms with Gasteiger partial charge < -0.3 is 19.5 Å². The summed E-state index contributed by atoms with van der Waals surface area (Å²) in [6.07, 6.45) is 1.06. The molecule has 0 aliphatic heterocycles. The van der Waals surface area contributed by atoms with Gasteiger partial charge in [-0.1, -0.05) is 18.2 Å². The Labute approximate surface area is 155 Å². The van der Waals surface area contributed by atoms with Crippen molar-refractivity contribution in [2.24, 2.45) is 0 Å². The summed E-state index contributed by atoms with van der Waals surface area (Å²) in [5.74, 6) is 2.37. The minimum absolute atomic E-state index is 0.00120. The Morgan fingerprint density at radius 1 is 1.04 bits per heavy atom. The zero-order valence-corrected chi connectivity index (χ0v) is 15.7. The van der Waals surface area contributed by atoms with Crippen molar-refractivity contribution in [3.63, 3.8) is 0 Å². The van der Waals surface area contributed by atoms with Crippen LogP contribution in [0.3, 0.4) is 0 Å². The van der Waals surface area contributed by atoms with Gasteiger partial charge in [-0.15, -0.1) is 0 Å². The van der Waals surface area contributed by atoms with E-state index in [2.05, 4.69) is 5.32 Å². The van der Waals surface area contributed by atoms with E-state index < -0.39 is 0 Å². The number of carbonyl (C=O) groups excluding carboxylic acids is 1. The minimum Gasteiger partial charge on any atom is -0.496 e. The van der Waals surface area contributed by atoms with Crippen LogP contribution in [0.5, 0.6) is 17.2 Å². The molecule has 0 radical (unpaired) electrons. The molecular formula is C21H27NO4. The fraction of sp³-hybridized carbons (Fsp3) is 0.381. The van der Waals surface area contributed by atoms with Crippen LogP contribution < -0.4 is 19.5 Å². The number of carbonyl (C=O) groups is 1. The first kappa shape index (κ1) is 19.6. The second-order valence-electron chi connectivity index (χ2n) is 5.89. The molecule has 0 aliphatic rings. The Morgan fingerprint density at radius 3 is 2.35 bits per heavy atom. The zero-order chi connectivity index (χ0) is 18.8. The van der Waals surface area contributed by atoms with Gasteiger partial charge in [0, 0.05) is 12.0 Å². The van der Waals surface area contributed by atoms with E-state index in [0.29, 0.717) is 26.1 Å². The van der Waals surface area contributed by atoms with Crippen molar-refractivity contribution in [1.29, 1.82) is 0 Å². The molecule has 0 spiro atoms. The van der Waals surface area contributed by atoms with Crippen LogP contribution in [0.25, 0.3) is 0 Å². The molecule has 0 aliphatic carbocycles. The quantitative estimate of drug-likeness (QED) is 0.650. The van der Waals surface area contributed by atoms with Gasteiger partial charge in [-0.05, 0) is 50.6 Å². The molecule has 0 saturated carbocycles. The van der Waals surface area contributed by atoms with E-state index in [1.165, 1.54) is 0 Å². The van der Waals surface area contributed by atoms with E-state index >= 15 is 0 Å². The fourth-order valence-electron chi connectivity index (χ4n) is 2.64. The number of ether oxygens (including phenoxy) is 3. The highest BCUT2D eigenvalue weighted by atomic mass is 16.5. The van der Waals surface area contributed by atoms with Crippen molar-refractivity contribution in [1.82, 2.24) is 5.32 Å². The van der Waals surface area contributed by atoms with Crippen molar-refractivity contribution >= 4 is 5.91 Å². The number of nitrogens with one attached hydrogen (secondary N) is 1. The van der Waals surface area contributed by atoms with Crippen molar-refractivity contribution in [3.8, 4) is 17.2 Å². The molecule has 1 amide bonds. The first-order valence-electron chi connectivity index (χ1n) is 8.92. The largest absolute Gasteiger partial charge is 0.496 e. The van der Waals surface area contributed by atoms with Gasteiger partial charge in [-0.2, -0.15) is 0 Å². The van der Waals surface area contributed by atoms with Gasteiger partial charge >= 0.3 is 0 Å². The van der Waals surface area contributed by atoms with E-state index in [0.717, 1.165) is 22.8 Å². The summed E-state index contributed by atoms with van der Waals surface area (Å²) < 4.78 is 16.4. The molecule has 1 N–H and O–H groups in total. The summed E-state index contributed by atoms with van der Waals surface area (Å²) >= 11 is 0. The van der Waals surface area contributed by atoms with Crippen LogP contribution in [0.2, 0.25) is 0 Å². The van der Waals surface area contributed by atoms with Crippen molar-refractivity contribution in [3.05, 3.63) is 54.1 Å². The Morgan fingerprint density at radius 2 is 1.69 bits per heavy atom. The molecule has 0 fully saturated rings. The van der Waals surface area contributed by atoms with Crippen LogP contribution in [0, 0.1) is 0 Å². The first-order chi connectivity index (χ1) is 12.6. The maximum atomic E-state index is 12.1. The molecule has 1 atom stereocenters. The Bertz CT molecular complexity index is 685. The second-order valence-corrected chi connectivity index (χ2v) is 5.89. The predicted octanol–water partition coefficient (Wildman–Crippen LogP) is 4.13. The molecule has 0 unspecified atom stereocenters. The van der Waals surface area contributed by atoms with Crippen molar-refractivity contribution in [2.45, 2.75) is 32.7 Å². The normalized spacial score (nSPS) is 11.5. The molecule has 26 heavy (non-hydrogen) atoms. The maximum Gasteiger partial charge on any atom is 0.220 e. The smallest absolute Gasteiger partial charge is 0.220 e. The Hall–Kier alpha value is -2.69. The standard InChI is InChI=1S/C21H27NO4/c1-4-25-17-11-13-18(14-12-17)26-15-7-10-21(23)22-16(2)19-8-5-6-9-20(19)24-3/h5-6,8-9,11-14,16H,4,7,10,15H2,1-3H3,(H,22,23)/t16-/m0/s1. The predicted molar refractivity (Wildman–Crippen MR) is 102 cm³/mol. The number of methoxy groups -OCH3 is 1. The Kier molecular flexibility index (Phi) is 7.80. The van der Waals surface area contributed by atoms with Crippen LogP contribution >= 0.6 is 0 Å². The highest BCUT2D eigenvalue weighted by molar-refractivity contribution is 5.76. The minimum atomic E-state index is -0.106. The van der Waals surface area contributed by atoms with E-state index in [1.807, 2.05) is 62.4 Å². The van der Waals surface area contributed by atoms with Crippen LogP contribution in [-0.2, 0) is 4.79 Å². The summed E-state index contributed by atoms with van der Waals surface area (Å²) in [5.41, 5.74) is 0.967. The second kappa shape index (κ2) is 10.3. The molecular weight excluding hydrogens is 330 g/mol. The third-order valence-electron chi connectivity index (χ3n) is 3.93. The summed E-state index contributed by atoms with van der Waals surface area (Å²) in [6, 6.07) is 15.1. The van der Waals surface area contributed by atoms with Gasteiger partial charge in [-0.3, -0.25) is 4.79 Å². The highest BCUT2D eigenvalue weighted by Crippen LogP contribution is 2.24. The number of benzene rings is 2. The van der Waals surface area contributed by atoms with Gasteiger partial charge in [-0.25, -0.2) is 0 Å². The van der Waals surface area contributed by atoms with Crippen LogP contribution in [0.1, 0.15) is 38.3 Å². The number of rotatable bonds is 10. The molecule has 2 rings (SSSR count). The molecule has 5 heteroatoms. The van der Waals surface area contributed by atoms with Gasteiger partial charge in [0.05, 0.1) is 26.4 Å². The molecule has 0 aromatic heterocycles. The summed E-state index contributed by atoms with van der Waals surface area (Å²) in [5, 5.41) is 3.00. The molecule has 5 nitrogen and oxygen atoms in total. The average Bonchev–Trinajstić information content (AvgIpc) is 2.66. The fourth-order valence-corrected chi connectivity index (χ4v) is 2.64. The van der Waals surface area contributed by atoms with E-state index in [-0.39, 0.29) is 11.9 Å². The maximum absolute atomic E-state index is 12.1. The highest BCUT2D eigenvalue weighted by Gasteiger charge is 2.13. The van der Waals surface area contributed by atoms with E-state index in [1.54, 1.807) is 7.11 Å². The molecule has 0 saturated heterocycles. The third-order valence-corrected chi connectivity index (χ3v) is 3.93. The van der Waals surface area contributed by atoms with Gasteiger partial charge in [0.2, 0.25) is 5.91 Å². The van der Waals surface area contributed by atoms with Crippen molar-refractivity contribution < 1.29 is 19.0 Å². The number of amides is 1. The van der Waals surface area contributed by atoms with E-state index in [9.17, 15) is 4.79 Å². The van der Waals surface area contributed by atoms with Gasteiger partial charge in [0.15, 0.2) is 0 Å². The molecule has 0 bridgehead atoms. The lowest BCUT2D eigenvalue weighted by atomic mass is 10.1. The Balaban J connectivity index is 1.71. The average molecular weight is 357 g/mol. The number of para-hydroxylation sites is 1. The summed E-state index contributed by atoms with van der Waals surface area (Å²) in [6.45, 7) is 5.03. The first-order valence-corrected chi connectivity index (χ1v) is 8.92. The van der Waals surface area contributed by atoms with Crippen LogP contribution in [-0.4, -0.2) is 26.2 Å². The topological polar surface area (TPSA) is 56.8 Å². The van der Waals surface area contributed by atoms with Gasteiger partial charge in [0.1, 0.15) is 17.2 Å². The lowest BCUT2D eigenvalue weighted by Gasteiger charge is -2.17. The number of hydrogen-bond donors (Lipinski definition) is 1. The van der Waals surface area contributed by atoms with Crippen LogP contribution in [0.15, 0.2) is 48.5 Å². The molecule has 2 aromatic rings. The lowest BCUT2D eigenvalue weighted by Crippen LogP contribution is -2.27. The monoisotopic (exact) mass is 357 g/mol. The lowest BCUT2D eigenvalue weighted by molar-refractivity contribution is -0.121. The number of hydrogen-bond acceptors (Lipinski definition) is 4. The molecule has 140 valence electrons. The molecule has 0 heterocycles. The SMILES string of the molecule is CCOc1ccc(OCCCC(=O)N[C@@H](C)c2ccccc2OC)cc1. The van der Waals surface area contributed by atoms with Crippen LogP contribution in [0.4, 0.5) is 0 Å². The van der Waals surface area contributed by atoms with E-state index in [4.69, 9.17) is 14.2 Å².